The van der Waals surface area contributed by atoms with Crippen molar-refractivity contribution in [2.75, 3.05) is 12.4 Å². The normalized spacial score (nSPS) is 11.8. The van der Waals surface area contributed by atoms with Crippen molar-refractivity contribution < 1.29 is 4.74 Å². The Balaban J connectivity index is 1.82. The van der Waals surface area contributed by atoms with Gasteiger partial charge >= 0.3 is 0 Å². The first-order valence-electron chi connectivity index (χ1n) is 10.9. The summed E-state index contributed by atoms with van der Waals surface area (Å²) >= 11 is 0. The molecule has 0 aliphatic rings. The van der Waals surface area contributed by atoms with Crippen molar-refractivity contribution in [1.29, 1.82) is 0 Å². The molecule has 5 heteroatoms. The van der Waals surface area contributed by atoms with E-state index in [1.54, 1.807) is 19.5 Å². The van der Waals surface area contributed by atoms with Crippen LogP contribution in [0, 0.1) is 6.92 Å². The van der Waals surface area contributed by atoms with Gasteiger partial charge in [-0.3, -0.25) is 0 Å². The molecule has 0 aliphatic heterocycles. The van der Waals surface area contributed by atoms with Crippen LogP contribution in [0.15, 0.2) is 91.9 Å². The SMILES string of the molecule is C=C/C=C/C(=C\C)c1cn(-c2ccc(C)cc2)c2ncnc(NCc3ccc(OC)cc3)c12. The summed E-state index contributed by atoms with van der Waals surface area (Å²) in [5, 5.41) is 4.49. The summed E-state index contributed by atoms with van der Waals surface area (Å²) in [6, 6.07) is 16.5. The third kappa shape index (κ3) is 4.72. The Kier molecular flexibility index (Phi) is 6.69. The zero-order valence-electron chi connectivity index (χ0n) is 19.2. The van der Waals surface area contributed by atoms with E-state index in [1.165, 1.54) is 5.56 Å². The number of methoxy groups -OCH3 is 1. The van der Waals surface area contributed by atoms with E-state index in [1.807, 2.05) is 37.3 Å². The van der Waals surface area contributed by atoms with Gasteiger partial charge in [0.15, 0.2) is 5.65 Å². The predicted molar refractivity (Wildman–Crippen MR) is 137 cm³/mol. The second-order valence-corrected chi connectivity index (χ2v) is 7.71. The molecule has 0 saturated carbocycles. The van der Waals surface area contributed by atoms with Crippen LogP contribution in [0.25, 0.3) is 22.3 Å². The molecule has 4 rings (SSSR count). The van der Waals surface area contributed by atoms with Crippen LogP contribution in [0.4, 0.5) is 5.82 Å². The molecule has 33 heavy (non-hydrogen) atoms. The number of nitrogens with one attached hydrogen (secondary N) is 1. The summed E-state index contributed by atoms with van der Waals surface area (Å²) < 4.78 is 7.39. The van der Waals surface area contributed by atoms with Crippen LogP contribution >= 0.6 is 0 Å². The number of hydrogen-bond acceptors (Lipinski definition) is 4. The maximum absolute atomic E-state index is 5.26. The highest BCUT2D eigenvalue weighted by Gasteiger charge is 2.17. The molecule has 0 aliphatic carbocycles. The third-order valence-corrected chi connectivity index (χ3v) is 5.55. The standard InChI is InChI=1S/C28H28N4O/c1-5-7-8-22(6-2)25-18-32(23-13-9-20(3)10-14-23)28-26(25)27(30-19-31-28)29-17-21-11-15-24(33-4)16-12-21/h5-16,18-19H,1,17H2,2-4H3,(H,29,30,31)/b8-7+,22-6+. The Labute approximate surface area is 194 Å². The number of rotatable bonds is 8. The fraction of sp³-hybridized carbons (Fsp3) is 0.143. The number of nitrogens with zero attached hydrogens (tertiary/aromatic N) is 3. The smallest absolute Gasteiger partial charge is 0.150 e. The van der Waals surface area contributed by atoms with Crippen LogP contribution in [-0.2, 0) is 6.54 Å². The highest BCUT2D eigenvalue weighted by Crippen LogP contribution is 2.33. The second-order valence-electron chi connectivity index (χ2n) is 7.71. The predicted octanol–water partition coefficient (Wildman–Crippen LogP) is 6.50. The van der Waals surface area contributed by atoms with E-state index in [0.717, 1.165) is 45.0 Å². The van der Waals surface area contributed by atoms with Crippen LogP contribution in [0.1, 0.15) is 23.6 Å². The molecule has 0 spiro atoms. The summed E-state index contributed by atoms with van der Waals surface area (Å²) in [7, 11) is 1.67. The lowest BCUT2D eigenvalue weighted by atomic mass is 10.1. The van der Waals surface area contributed by atoms with Crippen LogP contribution in [-0.4, -0.2) is 21.6 Å². The van der Waals surface area contributed by atoms with Crippen molar-refractivity contribution in [3.8, 4) is 11.4 Å². The Morgan fingerprint density at radius 1 is 1.09 bits per heavy atom. The van der Waals surface area contributed by atoms with E-state index in [0.29, 0.717) is 6.54 Å². The number of aromatic nitrogens is 3. The van der Waals surface area contributed by atoms with Crippen molar-refractivity contribution in [2.45, 2.75) is 20.4 Å². The van der Waals surface area contributed by atoms with E-state index in [-0.39, 0.29) is 0 Å². The Morgan fingerprint density at radius 3 is 2.52 bits per heavy atom. The molecule has 5 nitrogen and oxygen atoms in total. The number of anilines is 1. The number of fused-ring (bicyclic) bond motifs is 1. The molecule has 2 heterocycles. The Hall–Kier alpha value is -4.12. The van der Waals surface area contributed by atoms with Crippen LogP contribution in [0.2, 0.25) is 0 Å². The lowest BCUT2D eigenvalue weighted by Crippen LogP contribution is -2.03. The Morgan fingerprint density at radius 2 is 1.85 bits per heavy atom. The lowest BCUT2D eigenvalue weighted by molar-refractivity contribution is 0.414. The first-order valence-corrected chi connectivity index (χ1v) is 10.9. The van der Waals surface area contributed by atoms with E-state index in [4.69, 9.17) is 4.74 Å². The summed E-state index contributed by atoms with van der Waals surface area (Å²) in [4.78, 5) is 9.26. The first-order chi connectivity index (χ1) is 16.1. The molecule has 166 valence electrons. The van der Waals surface area contributed by atoms with E-state index < -0.39 is 0 Å². The monoisotopic (exact) mass is 436 g/mol. The molecular weight excluding hydrogens is 408 g/mol. The molecule has 1 N–H and O–H groups in total. The van der Waals surface area contributed by atoms with Gasteiger partial charge in [0.2, 0.25) is 0 Å². The minimum Gasteiger partial charge on any atom is -0.497 e. The molecule has 0 atom stereocenters. The quantitative estimate of drug-likeness (QED) is 0.321. The number of ether oxygens (including phenoxy) is 1. The highest BCUT2D eigenvalue weighted by molar-refractivity contribution is 6.00. The second kappa shape index (κ2) is 10.0. The van der Waals surface area contributed by atoms with Gasteiger partial charge in [-0.05, 0) is 49.2 Å². The van der Waals surface area contributed by atoms with E-state index in [9.17, 15) is 0 Å². The molecule has 0 fully saturated rings. The summed E-state index contributed by atoms with van der Waals surface area (Å²) in [6.45, 7) is 8.57. The zero-order chi connectivity index (χ0) is 23.2. The molecule has 0 radical (unpaired) electrons. The fourth-order valence-electron chi connectivity index (χ4n) is 3.76. The minimum absolute atomic E-state index is 0.638. The topological polar surface area (TPSA) is 52.0 Å². The van der Waals surface area contributed by atoms with Crippen molar-refractivity contribution in [3.63, 3.8) is 0 Å². The minimum atomic E-state index is 0.638. The largest absolute Gasteiger partial charge is 0.497 e. The summed E-state index contributed by atoms with van der Waals surface area (Å²) in [6.07, 6.45) is 11.6. The van der Waals surface area contributed by atoms with Gasteiger partial charge in [-0.2, -0.15) is 0 Å². The van der Waals surface area contributed by atoms with Gasteiger partial charge in [0.25, 0.3) is 0 Å². The van der Waals surface area contributed by atoms with Crippen LogP contribution < -0.4 is 10.1 Å². The molecule has 2 aromatic carbocycles. The molecule has 0 unspecified atom stereocenters. The first kappa shape index (κ1) is 22.1. The van der Waals surface area contributed by atoms with Crippen molar-refractivity contribution in [3.05, 3.63) is 109 Å². The van der Waals surface area contributed by atoms with Gasteiger partial charge in [-0.1, -0.05) is 60.7 Å². The van der Waals surface area contributed by atoms with Gasteiger partial charge in [0.05, 0.1) is 12.5 Å². The third-order valence-electron chi connectivity index (χ3n) is 5.55. The van der Waals surface area contributed by atoms with Crippen LogP contribution in [0.5, 0.6) is 5.75 Å². The van der Waals surface area contributed by atoms with E-state index in [2.05, 4.69) is 76.0 Å². The van der Waals surface area contributed by atoms with E-state index >= 15 is 0 Å². The maximum Gasteiger partial charge on any atom is 0.150 e. The molecular formula is C28H28N4O. The number of hydrogen-bond donors (Lipinski definition) is 1. The number of benzene rings is 2. The van der Waals surface area contributed by atoms with Crippen LogP contribution in [0.3, 0.4) is 0 Å². The van der Waals surface area contributed by atoms with Gasteiger partial charge in [-0.25, -0.2) is 9.97 Å². The average Bonchev–Trinajstić information content (AvgIpc) is 3.24. The van der Waals surface area contributed by atoms with Gasteiger partial charge in [-0.15, -0.1) is 0 Å². The van der Waals surface area contributed by atoms with Gasteiger partial charge < -0.3 is 14.6 Å². The average molecular weight is 437 g/mol. The summed E-state index contributed by atoms with van der Waals surface area (Å²) in [5.41, 5.74) is 6.40. The summed E-state index contributed by atoms with van der Waals surface area (Å²) in [5.74, 6) is 1.63. The van der Waals surface area contributed by atoms with Crippen molar-refractivity contribution in [2.24, 2.45) is 0 Å². The highest BCUT2D eigenvalue weighted by atomic mass is 16.5. The van der Waals surface area contributed by atoms with Gasteiger partial charge in [0.1, 0.15) is 17.9 Å². The fourth-order valence-corrected chi connectivity index (χ4v) is 3.76. The number of allylic oxidation sites excluding steroid dienone is 5. The zero-order valence-corrected chi connectivity index (χ0v) is 19.2. The van der Waals surface area contributed by atoms with Crippen molar-refractivity contribution >= 4 is 22.4 Å². The Bertz CT molecular complexity index is 1310. The lowest BCUT2D eigenvalue weighted by Gasteiger charge is -2.10. The molecule has 0 bridgehead atoms. The van der Waals surface area contributed by atoms with Gasteiger partial charge in [0, 0.05) is 24.0 Å². The molecule has 0 amide bonds. The molecule has 2 aromatic heterocycles. The maximum atomic E-state index is 5.26. The number of aryl methyl sites for hydroxylation is 1. The molecule has 0 saturated heterocycles. The molecule has 4 aromatic rings. The van der Waals surface area contributed by atoms with Crippen molar-refractivity contribution in [1.82, 2.24) is 14.5 Å².